The Morgan fingerprint density at radius 1 is 1.27 bits per heavy atom. The van der Waals surface area contributed by atoms with Gasteiger partial charge in [0.25, 0.3) is 0 Å². The van der Waals surface area contributed by atoms with E-state index in [-0.39, 0.29) is 0 Å². The topological polar surface area (TPSA) is 24.9 Å². The number of pyridine rings is 1. The second-order valence-electron chi connectivity index (χ2n) is 4.40. The Kier molecular flexibility index (Phi) is 4.76. The van der Waals surface area contributed by atoms with Gasteiger partial charge >= 0.3 is 0 Å². The molecule has 2 heteroatoms. The largest absolute Gasteiger partial charge is 0.306 e. The molecule has 1 heterocycles. The number of hydrogen-bond donors (Lipinski definition) is 1. The van der Waals surface area contributed by atoms with Gasteiger partial charge in [0.1, 0.15) is 0 Å². The first-order valence-electron chi connectivity index (χ1n) is 5.82. The van der Waals surface area contributed by atoms with Crippen LogP contribution in [0.25, 0.3) is 0 Å². The number of nitrogens with one attached hydrogen (secondary N) is 1. The summed E-state index contributed by atoms with van der Waals surface area (Å²) in [5.41, 5.74) is 1.12. The highest BCUT2D eigenvalue weighted by Crippen LogP contribution is 2.13. The van der Waals surface area contributed by atoms with Crippen molar-refractivity contribution < 1.29 is 0 Å². The Morgan fingerprint density at radius 2 is 2.00 bits per heavy atom. The van der Waals surface area contributed by atoms with Crippen LogP contribution in [-0.4, -0.2) is 11.0 Å². The van der Waals surface area contributed by atoms with Crippen molar-refractivity contribution in [1.29, 1.82) is 0 Å². The molecular formula is C13H22N2. The second kappa shape index (κ2) is 5.86. The van der Waals surface area contributed by atoms with Crippen LogP contribution in [0.1, 0.15) is 45.9 Å². The molecule has 0 aliphatic rings. The molecule has 0 aliphatic heterocycles. The lowest BCUT2D eigenvalue weighted by molar-refractivity contribution is 0.353. The Balaban J connectivity index is 2.58. The first kappa shape index (κ1) is 12.2. The van der Waals surface area contributed by atoms with Crippen LogP contribution in [-0.2, 0) is 0 Å². The van der Waals surface area contributed by atoms with Crippen LogP contribution in [0.3, 0.4) is 0 Å². The molecule has 1 rings (SSSR count). The maximum atomic E-state index is 4.36. The van der Waals surface area contributed by atoms with Crippen LogP contribution in [0.4, 0.5) is 0 Å². The van der Waals surface area contributed by atoms with Gasteiger partial charge < -0.3 is 5.32 Å². The van der Waals surface area contributed by atoms with Gasteiger partial charge in [0.15, 0.2) is 0 Å². The third kappa shape index (κ3) is 3.63. The van der Waals surface area contributed by atoms with E-state index >= 15 is 0 Å². The Labute approximate surface area is 93.1 Å². The highest BCUT2D eigenvalue weighted by Gasteiger charge is 2.15. The molecule has 0 radical (unpaired) electrons. The standard InChI is InChI=1S/C13H22N2/c1-5-12(10(2)3)15-11(4)13-8-6-7-9-14-13/h6-12,15H,5H2,1-4H3/t11-,12+/m1/s1. The lowest BCUT2D eigenvalue weighted by Crippen LogP contribution is -2.35. The average molecular weight is 206 g/mol. The molecule has 15 heavy (non-hydrogen) atoms. The van der Waals surface area contributed by atoms with Crippen LogP contribution >= 0.6 is 0 Å². The molecule has 0 saturated heterocycles. The average Bonchev–Trinajstić information content (AvgIpc) is 2.26. The van der Waals surface area contributed by atoms with E-state index < -0.39 is 0 Å². The van der Waals surface area contributed by atoms with E-state index in [1.54, 1.807) is 0 Å². The highest BCUT2D eigenvalue weighted by molar-refractivity contribution is 5.07. The van der Waals surface area contributed by atoms with Crippen LogP contribution in [0, 0.1) is 5.92 Å². The number of aromatic nitrogens is 1. The second-order valence-corrected chi connectivity index (χ2v) is 4.40. The first-order chi connectivity index (χ1) is 7.15. The van der Waals surface area contributed by atoms with Gasteiger partial charge in [0.2, 0.25) is 0 Å². The minimum Gasteiger partial charge on any atom is -0.306 e. The maximum Gasteiger partial charge on any atom is 0.0570 e. The third-order valence-electron chi connectivity index (χ3n) is 2.84. The van der Waals surface area contributed by atoms with Crippen LogP contribution < -0.4 is 5.32 Å². The summed E-state index contributed by atoms with van der Waals surface area (Å²) in [6, 6.07) is 6.97. The number of rotatable bonds is 5. The minimum absolute atomic E-state index is 0.332. The van der Waals surface area contributed by atoms with Crippen molar-refractivity contribution in [3.63, 3.8) is 0 Å². The maximum absolute atomic E-state index is 4.36. The fourth-order valence-electron chi connectivity index (χ4n) is 1.82. The van der Waals surface area contributed by atoms with Gasteiger partial charge in [-0.05, 0) is 31.4 Å². The highest BCUT2D eigenvalue weighted by atomic mass is 15.0. The van der Waals surface area contributed by atoms with E-state index in [1.165, 1.54) is 0 Å². The first-order valence-corrected chi connectivity index (χ1v) is 5.82. The van der Waals surface area contributed by atoms with Crippen molar-refractivity contribution in [3.05, 3.63) is 30.1 Å². The molecule has 0 bridgehead atoms. The molecular weight excluding hydrogens is 184 g/mol. The molecule has 84 valence electrons. The molecule has 0 amide bonds. The molecule has 2 atom stereocenters. The molecule has 0 aromatic carbocycles. The predicted molar refractivity (Wildman–Crippen MR) is 64.7 cm³/mol. The van der Waals surface area contributed by atoms with E-state index in [1.807, 2.05) is 18.3 Å². The number of hydrogen-bond acceptors (Lipinski definition) is 2. The van der Waals surface area contributed by atoms with Gasteiger partial charge in [0, 0.05) is 18.3 Å². The monoisotopic (exact) mass is 206 g/mol. The molecule has 1 aromatic rings. The fraction of sp³-hybridized carbons (Fsp3) is 0.615. The summed E-state index contributed by atoms with van der Waals surface area (Å²) in [5, 5.41) is 3.62. The Bertz CT molecular complexity index is 269. The molecule has 2 nitrogen and oxygen atoms in total. The summed E-state index contributed by atoms with van der Waals surface area (Å²) in [4.78, 5) is 4.36. The SMILES string of the molecule is CC[C@H](N[C@H](C)c1ccccn1)C(C)C. The third-order valence-corrected chi connectivity index (χ3v) is 2.84. The minimum atomic E-state index is 0.332. The molecule has 0 unspecified atom stereocenters. The number of nitrogens with zero attached hydrogens (tertiary/aromatic N) is 1. The van der Waals surface area contributed by atoms with E-state index in [0.29, 0.717) is 18.0 Å². The van der Waals surface area contributed by atoms with Crippen molar-refractivity contribution >= 4 is 0 Å². The summed E-state index contributed by atoms with van der Waals surface area (Å²) >= 11 is 0. The van der Waals surface area contributed by atoms with Gasteiger partial charge in [-0.1, -0.05) is 26.8 Å². The molecule has 0 spiro atoms. The summed E-state index contributed by atoms with van der Waals surface area (Å²) in [5.74, 6) is 0.668. The molecule has 0 fully saturated rings. The van der Waals surface area contributed by atoms with Crippen molar-refractivity contribution in [1.82, 2.24) is 10.3 Å². The zero-order valence-electron chi connectivity index (χ0n) is 10.2. The predicted octanol–water partition coefficient (Wildman–Crippen LogP) is 3.17. The van der Waals surface area contributed by atoms with E-state index in [0.717, 1.165) is 12.1 Å². The van der Waals surface area contributed by atoms with Gasteiger partial charge in [0.05, 0.1) is 5.69 Å². The smallest absolute Gasteiger partial charge is 0.0570 e. The molecule has 0 saturated carbocycles. The Morgan fingerprint density at radius 3 is 2.47 bits per heavy atom. The quantitative estimate of drug-likeness (QED) is 0.800. The fourth-order valence-corrected chi connectivity index (χ4v) is 1.82. The van der Waals surface area contributed by atoms with Gasteiger partial charge in [-0.2, -0.15) is 0 Å². The van der Waals surface area contributed by atoms with Crippen LogP contribution in [0.15, 0.2) is 24.4 Å². The summed E-state index contributed by atoms with van der Waals surface area (Å²) in [6.07, 6.45) is 3.01. The van der Waals surface area contributed by atoms with E-state index in [9.17, 15) is 0 Å². The van der Waals surface area contributed by atoms with Crippen molar-refractivity contribution in [3.8, 4) is 0 Å². The summed E-state index contributed by atoms with van der Waals surface area (Å²) < 4.78 is 0. The normalized spacial score (nSPS) is 15.3. The van der Waals surface area contributed by atoms with Gasteiger partial charge in [-0.3, -0.25) is 4.98 Å². The summed E-state index contributed by atoms with van der Waals surface area (Å²) in [7, 11) is 0. The van der Waals surface area contributed by atoms with Crippen molar-refractivity contribution in [2.24, 2.45) is 5.92 Å². The Hall–Kier alpha value is -0.890. The summed E-state index contributed by atoms with van der Waals surface area (Å²) in [6.45, 7) is 8.91. The molecule has 1 aromatic heterocycles. The van der Waals surface area contributed by atoms with Crippen LogP contribution in [0.2, 0.25) is 0 Å². The zero-order chi connectivity index (χ0) is 11.3. The van der Waals surface area contributed by atoms with Crippen molar-refractivity contribution in [2.45, 2.75) is 46.2 Å². The molecule has 0 aliphatic carbocycles. The van der Waals surface area contributed by atoms with Crippen molar-refractivity contribution in [2.75, 3.05) is 0 Å². The zero-order valence-corrected chi connectivity index (χ0v) is 10.2. The van der Waals surface area contributed by atoms with Gasteiger partial charge in [-0.25, -0.2) is 0 Å². The van der Waals surface area contributed by atoms with E-state index in [4.69, 9.17) is 0 Å². The lowest BCUT2D eigenvalue weighted by atomic mass is 10.0. The molecule has 1 N–H and O–H groups in total. The lowest BCUT2D eigenvalue weighted by Gasteiger charge is -2.25. The van der Waals surface area contributed by atoms with E-state index in [2.05, 4.69) is 44.1 Å². The van der Waals surface area contributed by atoms with Crippen LogP contribution in [0.5, 0.6) is 0 Å². The van der Waals surface area contributed by atoms with Gasteiger partial charge in [-0.15, -0.1) is 0 Å².